The second-order valence-corrected chi connectivity index (χ2v) is 14.1. The van der Waals surface area contributed by atoms with Gasteiger partial charge >= 0.3 is 29.8 Å². The number of ether oxygens (including phenoxy) is 7. The minimum absolute atomic E-state index is 0. The van der Waals surface area contributed by atoms with E-state index in [-0.39, 0.29) is 103 Å². The Hall–Kier alpha value is -3.95. The highest BCUT2D eigenvalue weighted by atomic mass is 16.6. The third-order valence-corrected chi connectivity index (χ3v) is 8.55. The molecule has 0 aliphatic carbocycles. The van der Waals surface area contributed by atoms with Gasteiger partial charge in [-0.3, -0.25) is 19.2 Å². The Kier molecular flexibility index (Phi) is 32.4. The van der Waals surface area contributed by atoms with Gasteiger partial charge < -0.3 is 48.5 Å². The molecule has 0 bridgehead atoms. The van der Waals surface area contributed by atoms with Crippen LogP contribution in [-0.4, -0.2) is 111 Å². The Morgan fingerprint density at radius 1 is 0.737 bits per heavy atom. The number of rotatable bonds is 22. The van der Waals surface area contributed by atoms with E-state index in [1.54, 1.807) is 34.6 Å². The first-order chi connectivity index (χ1) is 23.3. The molecule has 5 atom stereocenters. The molecule has 5 unspecified atom stereocenters. The molecule has 1 aliphatic rings. The first-order valence-corrected chi connectivity index (χ1v) is 16.4. The number of epoxide rings is 1. The molecule has 1 heterocycles. The SMILES string of the molecule is C.C.C.C.C.C.C.CCC(C)(CC(C)(CC(C)(CC(C)(C)C(=O)OCC1CO1)C(=O)OC)C(=O)OCCO)C(=O)OCC(O)COC(=O)COc1ccc(O)cc1. The average Bonchev–Trinajstić information content (AvgIpc) is 3.90. The summed E-state index contributed by atoms with van der Waals surface area (Å²) in [5, 5.41) is 29.0. The number of phenols is 1. The van der Waals surface area contributed by atoms with Crippen LogP contribution in [0.4, 0.5) is 0 Å². The Bertz CT molecular complexity index is 1310. The van der Waals surface area contributed by atoms with Crippen LogP contribution in [0.3, 0.4) is 0 Å². The maximum absolute atomic E-state index is 13.6. The molecule has 1 aromatic rings. The number of phenolic OH excluding ortho intramolecular Hbond substituents is 1. The summed E-state index contributed by atoms with van der Waals surface area (Å²) in [6.07, 6.45) is -1.86. The highest BCUT2D eigenvalue weighted by Gasteiger charge is 2.53. The summed E-state index contributed by atoms with van der Waals surface area (Å²) in [7, 11) is 1.19. The summed E-state index contributed by atoms with van der Waals surface area (Å²) in [4.78, 5) is 65.6. The molecule has 338 valence electrons. The third kappa shape index (κ3) is 20.3. The van der Waals surface area contributed by atoms with Crippen LogP contribution >= 0.6 is 0 Å². The third-order valence-electron chi connectivity index (χ3n) is 8.55. The number of methoxy groups -OCH3 is 1. The van der Waals surface area contributed by atoms with Crippen LogP contribution in [-0.2, 0) is 52.4 Å². The zero-order valence-corrected chi connectivity index (χ0v) is 30.0. The van der Waals surface area contributed by atoms with E-state index in [9.17, 15) is 39.3 Å². The van der Waals surface area contributed by atoms with Gasteiger partial charge in [-0.25, -0.2) is 4.79 Å². The molecule has 15 nitrogen and oxygen atoms in total. The first-order valence-electron chi connectivity index (χ1n) is 16.4. The van der Waals surface area contributed by atoms with E-state index in [4.69, 9.17) is 33.2 Å². The molecule has 1 aromatic carbocycles. The molecule has 0 saturated carbocycles. The largest absolute Gasteiger partial charge is 0.508 e. The maximum atomic E-state index is 13.6. The number of aliphatic hydroxyl groups excluding tert-OH is 2. The molecule has 1 fully saturated rings. The number of esters is 5. The lowest BCUT2D eigenvalue weighted by atomic mass is 9.61. The van der Waals surface area contributed by atoms with Crippen molar-refractivity contribution in [3.8, 4) is 11.5 Å². The van der Waals surface area contributed by atoms with Gasteiger partial charge in [-0.15, -0.1) is 0 Å². The first kappa shape index (κ1) is 64.9. The average molecular weight is 825 g/mol. The number of carbonyl (C=O) groups excluding carboxylic acids is 5. The number of carbonyl (C=O) groups is 5. The van der Waals surface area contributed by atoms with E-state index in [0.29, 0.717) is 12.4 Å². The fourth-order valence-corrected chi connectivity index (χ4v) is 5.92. The second kappa shape index (κ2) is 28.5. The fourth-order valence-electron chi connectivity index (χ4n) is 5.92. The lowest BCUT2D eigenvalue weighted by Gasteiger charge is -2.42. The van der Waals surface area contributed by atoms with Gasteiger partial charge in [0.05, 0.1) is 42.0 Å². The van der Waals surface area contributed by atoms with Crippen molar-refractivity contribution < 1.29 is 72.5 Å². The van der Waals surface area contributed by atoms with Crippen LogP contribution in [0.25, 0.3) is 0 Å². The Labute approximate surface area is 344 Å². The van der Waals surface area contributed by atoms with Crippen molar-refractivity contribution >= 4 is 29.8 Å². The van der Waals surface area contributed by atoms with Gasteiger partial charge in [-0.2, -0.15) is 0 Å². The van der Waals surface area contributed by atoms with E-state index in [1.807, 2.05) is 0 Å². The van der Waals surface area contributed by atoms with Crippen LogP contribution in [0, 0.1) is 21.7 Å². The Morgan fingerprint density at radius 2 is 1.23 bits per heavy atom. The van der Waals surface area contributed by atoms with E-state index in [2.05, 4.69) is 0 Å². The van der Waals surface area contributed by atoms with Crippen LogP contribution in [0.1, 0.15) is 119 Å². The lowest BCUT2D eigenvalue weighted by Crippen LogP contribution is -2.47. The van der Waals surface area contributed by atoms with Crippen LogP contribution in [0.5, 0.6) is 11.5 Å². The smallest absolute Gasteiger partial charge is 0.344 e. The molecule has 15 heteroatoms. The minimum Gasteiger partial charge on any atom is -0.508 e. The summed E-state index contributed by atoms with van der Waals surface area (Å²) < 4.78 is 36.6. The molecule has 0 aromatic heterocycles. The van der Waals surface area contributed by atoms with E-state index < -0.39 is 84.0 Å². The van der Waals surface area contributed by atoms with Gasteiger partial charge in [-0.05, 0) is 84.6 Å². The molecule has 0 amide bonds. The quantitative estimate of drug-likeness (QED) is 0.0613. The summed E-state index contributed by atoms with van der Waals surface area (Å²) in [6, 6.07) is 5.68. The molecule has 2 rings (SSSR count). The molecule has 57 heavy (non-hydrogen) atoms. The summed E-state index contributed by atoms with van der Waals surface area (Å²) >= 11 is 0. The van der Waals surface area contributed by atoms with Crippen molar-refractivity contribution in [1.29, 1.82) is 0 Å². The zero-order chi connectivity index (χ0) is 37.8. The summed E-state index contributed by atoms with van der Waals surface area (Å²) in [5.74, 6) is -3.27. The van der Waals surface area contributed by atoms with Crippen LogP contribution < -0.4 is 4.74 Å². The van der Waals surface area contributed by atoms with Crippen LogP contribution in [0.15, 0.2) is 24.3 Å². The molecule has 0 radical (unpaired) electrons. The maximum Gasteiger partial charge on any atom is 0.344 e. The zero-order valence-electron chi connectivity index (χ0n) is 30.0. The fraction of sp³-hybridized carbons (Fsp3) is 0.738. The highest BCUT2D eigenvalue weighted by molar-refractivity contribution is 5.84. The van der Waals surface area contributed by atoms with E-state index in [1.165, 1.54) is 38.3 Å². The summed E-state index contributed by atoms with van der Waals surface area (Å²) in [6.45, 7) is 7.87. The van der Waals surface area contributed by atoms with Crippen molar-refractivity contribution in [3.05, 3.63) is 24.3 Å². The van der Waals surface area contributed by atoms with Crippen molar-refractivity contribution in [2.75, 3.05) is 53.4 Å². The van der Waals surface area contributed by atoms with Crippen molar-refractivity contribution in [3.63, 3.8) is 0 Å². The van der Waals surface area contributed by atoms with Crippen molar-refractivity contribution in [2.45, 2.75) is 131 Å². The van der Waals surface area contributed by atoms with Gasteiger partial charge in [0.15, 0.2) is 6.61 Å². The number of aromatic hydroxyl groups is 1. The van der Waals surface area contributed by atoms with Gasteiger partial charge in [0.25, 0.3) is 0 Å². The van der Waals surface area contributed by atoms with E-state index in [0.717, 1.165) is 0 Å². The van der Waals surface area contributed by atoms with Gasteiger partial charge in [0, 0.05) is 0 Å². The van der Waals surface area contributed by atoms with Gasteiger partial charge in [0.2, 0.25) is 0 Å². The van der Waals surface area contributed by atoms with Crippen molar-refractivity contribution in [2.24, 2.45) is 21.7 Å². The molecule has 1 saturated heterocycles. The predicted molar refractivity (Wildman–Crippen MR) is 222 cm³/mol. The number of aliphatic hydroxyl groups is 2. The van der Waals surface area contributed by atoms with Gasteiger partial charge in [-0.1, -0.05) is 58.9 Å². The minimum atomic E-state index is -1.55. The normalized spacial score (nSPS) is 16.0. The molecular formula is C42H80O15. The highest BCUT2D eigenvalue weighted by Crippen LogP contribution is 2.49. The predicted octanol–water partition coefficient (Wildman–Crippen LogP) is 6.95. The molecule has 0 spiro atoms. The molecule has 1 aliphatic heterocycles. The molecular weight excluding hydrogens is 744 g/mol. The second-order valence-electron chi connectivity index (χ2n) is 14.1. The standard InChI is InChI=1S/C35H52O15.7CH4/c1-8-33(4,30(42)49-16-24(38)15-48-27(39)19-47-25-11-9-23(37)10-12-25)21-35(6,31(43)45-14-13-36)22-34(5,29(41)44-7)20-32(2,3)28(40)50-18-26-17-46-26;;;;;;;/h9-12,24,26,36-38H,8,13-22H2,1-7H3;7*1H4. The molecule has 3 N–H and O–H groups in total. The Balaban J connectivity index is -0.000000929. The summed E-state index contributed by atoms with van der Waals surface area (Å²) in [5.41, 5.74) is -5.55. The number of benzene rings is 1. The monoisotopic (exact) mass is 825 g/mol. The van der Waals surface area contributed by atoms with Gasteiger partial charge in [0.1, 0.15) is 50.1 Å². The number of hydrogen-bond donors (Lipinski definition) is 3. The van der Waals surface area contributed by atoms with Crippen LogP contribution in [0.2, 0.25) is 0 Å². The van der Waals surface area contributed by atoms with E-state index >= 15 is 0 Å². The topological polar surface area (TPSA) is 214 Å². The Morgan fingerprint density at radius 3 is 1.72 bits per heavy atom. The van der Waals surface area contributed by atoms with Crippen molar-refractivity contribution in [1.82, 2.24) is 0 Å². The lowest BCUT2D eigenvalue weighted by molar-refractivity contribution is -0.172. The number of hydrogen-bond acceptors (Lipinski definition) is 15.